The van der Waals surface area contributed by atoms with Crippen molar-refractivity contribution in [2.24, 2.45) is 0 Å². The number of amides is 2. The topological polar surface area (TPSA) is 88.8 Å². The fraction of sp³-hybridized carbons (Fsp3) is 0.600. The molecule has 0 N–H and O–H groups in total. The zero-order valence-electron chi connectivity index (χ0n) is 10.2. The molecule has 98 valence electrons. The third kappa shape index (κ3) is 2.27. The lowest BCUT2D eigenvalue weighted by Gasteiger charge is -2.36. The molecule has 1 aromatic heterocycles. The summed E-state index contributed by atoms with van der Waals surface area (Å²) in [7, 11) is 1.32. The van der Waals surface area contributed by atoms with Gasteiger partial charge in [0.1, 0.15) is 6.04 Å². The number of hydrogen-bond acceptors (Lipinski definition) is 6. The maximum atomic E-state index is 11.5. The van der Waals surface area contributed by atoms with Crippen molar-refractivity contribution >= 4 is 12.5 Å². The third-order valence-electron chi connectivity index (χ3n) is 2.82. The number of hydrogen-bond donors (Lipinski definition) is 0. The molecule has 1 atom stereocenters. The Balaban J connectivity index is 2.18. The number of methoxy groups -OCH3 is 1. The van der Waals surface area contributed by atoms with E-state index in [-0.39, 0.29) is 6.54 Å². The fourth-order valence-electron chi connectivity index (χ4n) is 1.88. The number of carbonyl (C=O) groups is 2. The Morgan fingerprint density at radius 1 is 1.50 bits per heavy atom. The van der Waals surface area contributed by atoms with Crippen LogP contribution in [0.3, 0.4) is 0 Å². The maximum absolute atomic E-state index is 11.5. The van der Waals surface area contributed by atoms with Gasteiger partial charge in [-0.15, -0.1) is 10.2 Å². The molecule has 1 aliphatic rings. The highest BCUT2D eigenvalue weighted by molar-refractivity contribution is 5.68. The van der Waals surface area contributed by atoms with Crippen molar-refractivity contribution in [2.45, 2.75) is 13.0 Å². The molecule has 8 heteroatoms. The minimum Gasteiger partial charge on any atom is -0.453 e. The van der Waals surface area contributed by atoms with E-state index >= 15 is 0 Å². The van der Waals surface area contributed by atoms with E-state index in [2.05, 4.69) is 14.9 Å². The van der Waals surface area contributed by atoms with Crippen molar-refractivity contribution in [1.29, 1.82) is 0 Å². The smallest absolute Gasteiger partial charge is 0.409 e. The molecule has 0 radical (unpaired) electrons. The molecule has 0 aromatic carbocycles. The van der Waals surface area contributed by atoms with Gasteiger partial charge in [-0.1, -0.05) is 0 Å². The Morgan fingerprint density at radius 3 is 2.83 bits per heavy atom. The molecule has 1 fully saturated rings. The van der Waals surface area contributed by atoms with Gasteiger partial charge in [-0.25, -0.2) is 4.79 Å². The lowest BCUT2D eigenvalue weighted by Crippen LogP contribution is -2.50. The number of ether oxygens (including phenoxy) is 1. The Labute approximate surface area is 104 Å². The van der Waals surface area contributed by atoms with Gasteiger partial charge in [0.25, 0.3) is 0 Å². The Hall–Kier alpha value is -2.12. The first kappa shape index (κ1) is 12.3. The van der Waals surface area contributed by atoms with E-state index in [1.165, 1.54) is 16.9 Å². The molecule has 2 amide bonds. The summed E-state index contributed by atoms with van der Waals surface area (Å²) in [6.45, 7) is 2.79. The van der Waals surface area contributed by atoms with Gasteiger partial charge in [0.05, 0.1) is 13.7 Å². The Kier molecular flexibility index (Phi) is 3.45. The van der Waals surface area contributed by atoms with Crippen molar-refractivity contribution in [2.75, 3.05) is 26.7 Å². The van der Waals surface area contributed by atoms with Crippen LogP contribution in [-0.2, 0) is 9.53 Å². The molecule has 0 bridgehead atoms. The van der Waals surface area contributed by atoms with Crippen molar-refractivity contribution in [1.82, 2.24) is 20.0 Å². The minimum absolute atomic E-state index is 0.285. The normalized spacial score (nSPS) is 19.8. The molecule has 2 rings (SSSR count). The zero-order chi connectivity index (χ0) is 13.1. The monoisotopic (exact) mass is 254 g/mol. The predicted octanol–water partition coefficient (Wildman–Crippen LogP) is -0.0405. The Morgan fingerprint density at radius 2 is 2.28 bits per heavy atom. The van der Waals surface area contributed by atoms with Gasteiger partial charge in [0.15, 0.2) is 0 Å². The van der Waals surface area contributed by atoms with Crippen LogP contribution in [0.1, 0.15) is 17.8 Å². The number of rotatable bonds is 2. The van der Waals surface area contributed by atoms with Crippen LogP contribution in [0, 0.1) is 6.92 Å². The van der Waals surface area contributed by atoms with E-state index in [1.807, 2.05) is 0 Å². The molecule has 1 aromatic rings. The highest BCUT2D eigenvalue weighted by Crippen LogP contribution is 2.23. The third-order valence-corrected chi connectivity index (χ3v) is 2.82. The van der Waals surface area contributed by atoms with E-state index in [1.54, 1.807) is 6.92 Å². The van der Waals surface area contributed by atoms with Gasteiger partial charge in [-0.3, -0.25) is 4.79 Å². The van der Waals surface area contributed by atoms with Crippen molar-refractivity contribution in [3.8, 4) is 0 Å². The molecule has 0 unspecified atom stereocenters. The number of aromatic nitrogens is 2. The molecular formula is C10H14N4O4. The van der Waals surface area contributed by atoms with Crippen LogP contribution in [0.4, 0.5) is 4.79 Å². The van der Waals surface area contributed by atoms with E-state index in [4.69, 9.17) is 4.42 Å². The largest absolute Gasteiger partial charge is 0.453 e. The molecular weight excluding hydrogens is 240 g/mol. The van der Waals surface area contributed by atoms with E-state index in [9.17, 15) is 9.59 Å². The molecule has 18 heavy (non-hydrogen) atoms. The zero-order valence-corrected chi connectivity index (χ0v) is 10.2. The lowest BCUT2D eigenvalue weighted by molar-refractivity contribution is -0.123. The number of piperazine rings is 1. The fourth-order valence-corrected chi connectivity index (χ4v) is 1.88. The molecule has 1 saturated heterocycles. The summed E-state index contributed by atoms with van der Waals surface area (Å²) in [4.78, 5) is 25.5. The Bertz CT molecular complexity index is 447. The quantitative estimate of drug-likeness (QED) is 0.688. The second-order valence-corrected chi connectivity index (χ2v) is 3.93. The summed E-state index contributed by atoms with van der Waals surface area (Å²) in [6.07, 6.45) is 0.292. The first-order valence-electron chi connectivity index (χ1n) is 5.49. The summed E-state index contributed by atoms with van der Waals surface area (Å²) in [5, 5.41) is 7.62. The van der Waals surface area contributed by atoms with Crippen LogP contribution in [-0.4, -0.2) is 59.2 Å². The van der Waals surface area contributed by atoms with E-state index in [0.29, 0.717) is 24.9 Å². The van der Waals surface area contributed by atoms with Gasteiger partial charge < -0.3 is 19.0 Å². The first-order chi connectivity index (χ1) is 8.65. The summed E-state index contributed by atoms with van der Waals surface area (Å²) in [5.41, 5.74) is 0. The second-order valence-electron chi connectivity index (χ2n) is 3.93. The predicted molar refractivity (Wildman–Crippen MR) is 58.5 cm³/mol. The van der Waals surface area contributed by atoms with Crippen LogP contribution < -0.4 is 0 Å². The summed E-state index contributed by atoms with van der Waals surface area (Å²) < 4.78 is 9.98. The van der Waals surface area contributed by atoms with Crippen molar-refractivity contribution < 1.29 is 18.7 Å². The molecule has 0 aliphatic carbocycles. The van der Waals surface area contributed by atoms with Gasteiger partial charge in [0.2, 0.25) is 18.2 Å². The van der Waals surface area contributed by atoms with E-state index < -0.39 is 12.1 Å². The molecule has 0 saturated carbocycles. The number of carbonyl (C=O) groups excluding carboxylic acids is 2. The molecule has 1 aliphatic heterocycles. The standard InChI is InChI=1S/C10H14N4O4/c1-7-11-12-9(18-7)8-5-13(10(16)17-2)3-4-14(8)6-15/h6,8H,3-5H2,1-2H3/t8-/m0/s1. The van der Waals surface area contributed by atoms with Gasteiger partial charge in [0, 0.05) is 20.0 Å². The van der Waals surface area contributed by atoms with Crippen LogP contribution >= 0.6 is 0 Å². The van der Waals surface area contributed by atoms with Crippen molar-refractivity contribution in [3.05, 3.63) is 11.8 Å². The van der Waals surface area contributed by atoms with Crippen LogP contribution in [0.2, 0.25) is 0 Å². The highest BCUT2D eigenvalue weighted by Gasteiger charge is 2.33. The first-order valence-corrected chi connectivity index (χ1v) is 5.49. The summed E-state index contributed by atoms with van der Waals surface area (Å²) in [5.74, 6) is 0.749. The molecule has 2 heterocycles. The molecule has 0 spiro atoms. The van der Waals surface area contributed by atoms with Crippen LogP contribution in [0.25, 0.3) is 0 Å². The average Bonchev–Trinajstić information content (AvgIpc) is 2.83. The molecule has 8 nitrogen and oxygen atoms in total. The van der Waals surface area contributed by atoms with Crippen LogP contribution in [0.5, 0.6) is 0 Å². The average molecular weight is 254 g/mol. The summed E-state index contributed by atoms with van der Waals surface area (Å²) in [6, 6.07) is -0.420. The summed E-state index contributed by atoms with van der Waals surface area (Å²) >= 11 is 0. The SMILES string of the molecule is COC(=O)N1CCN(C=O)[C@H](c2nnc(C)o2)C1. The lowest BCUT2D eigenvalue weighted by atomic mass is 10.2. The highest BCUT2D eigenvalue weighted by atomic mass is 16.5. The number of nitrogens with zero attached hydrogens (tertiary/aromatic N) is 4. The van der Waals surface area contributed by atoms with Gasteiger partial charge in [-0.2, -0.15) is 0 Å². The minimum atomic E-state index is -0.429. The van der Waals surface area contributed by atoms with E-state index in [0.717, 1.165) is 6.41 Å². The van der Waals surface area contributed by atoms with Gasteiger partial charge >= 0.3 is 6.09 Å². The van der Waals surface area contributed by atoms with Gasteiger partial charge in [-0.05, 0) is 0 Å². The van der Waals surface area contributed by atoms with Crippen LogP contribution in [0.15, 0.2) is 4.42 Å². The maximum Gasteiger partial charge on any atom is 0.409 e. The van der Waals surface area contributed by atoms with Crippen molar-refractivity contribution in [3.63, 3.8) is 0 Å². The number of aryl methyl sites for hydroxylation is 1. The second kappa shape index (κ2) is 5.03.